The fraction of sp³-hybridized carbons (Fsp3) is 0.150. The Morgan fingerprint density at radius 3 is 2.43 bits per heavy atom. The van der Waals surface area contributed by atoms with E-state index in [0.29, 0.717) is 11.0 Å². The van der Waals surface area contributed by atoms with Crippen molar-refractivity contribution in [3.8, 4) is 0 Å². The Kier molecular flexibility index (Phi) is 4.99. The van der Waals surface area contributed by atoms with E-state index in [1.807, 2.05) is 48.5 Å². The van der Waals surface area contributed by atoms with Crippen LogP contribution < -0.4 is 5.32 Å². The molecule has 0 aliphatic heterocycles. The van der Waals surface area contributed by atoms with E-state index in [9.17, 15) is 4.79 Å². The number of hydrogen-bond donors (Lipinski definition) is 1. The van der Waals surface area contributed by atoms with Gasteiger partial charge < -0.3 is 5.32 Å². The van der Waals surface area contributed by atoms with Crippen LogP contribution in [-0.4, -0.2) is 11.7 Å². The molecular weight excluding hydrogens is 302 g/mol. The fourth-order valence-corrected chi connectivity index (χ4v) is 3.31. The molecule has 0 fully saturated rings. The van der Waals surface area contributed by atoms with Crippen molar-refractivity contribution in [3.63, 3.8) is 0 Å². The number of amides is 1. The summed E-state index contributed by atoms with van der Waals surface area (Å²) in [6.45, 7) is 2.13. The molecule has 0 aliphatic carbocycles. The lowest BCUT2D eigenvalue weighted by Crippen LogP contribution is -2.14. The van der Waals surface area contributed by atoms with Crippen LogP contribution in [0.5, 0.6) is 0 Å². The average molecular weight is 321 g/mol. The third-order valence-corrected chi connectivity index (χ3v) is 4.97. The van der Waals surface area contributed by atoms with Crippen molar-refractivity contribution in [2.75, 3.05) is 11.1 Å². The van der Waals surface area contributed by atoms with Crippen LogP contribution in [0.4, 0.5) is 5.69 Å². The molecule has 23 heavy (non-hydrogen) atoms. The molecule has 0 radical (unpaired) electrons. The molecule has 0 saturated carbocycles. The zero-order valence-electron chi connectivity index (χ0n) is 13.0. The van der Waals surface area contributed by atoms with E-state index in [2.05, 4.69) is 36.5 Å². The number of hydrogen-bond acceptors (Lipinski definition) is 2. The van der Waals surface area contributed by atoms with Crippen molar-refractivity contribution in [3.05, 3.63) is 78.4 Å². The van der Waals surface area contributed by atoms with Crippen LogP contribution in [0.1, 0.15) is 17.7 Å². The molecule has 0 bridgehead atoms. The SMILES string of the molecule is C[C@H](SCC(=O)Nc1ccc2ccccc2c1)c1ccccc1. The maximum atomic E-state index is 12.2. The van der Waals surface area contributed by atoms with Crippen LogP contribution >= 0.6 is 11.8 Å². The van der Waals surface area contributed by atoms with Crippen molar-refractivity contribution >= 4 is 34.1 Å². The smallest absolute Gasteiger partial charge is 0.234 e. The van der Waals surface area contributed by atoms with Crippen molar-refractivity contribution in [1.82, 2.24) is 0 Å². The lowest BCUT2D eigenvalue weighted by Gasteiger charge is -2.12. The number of nitrogens with one attached hydrogen (secondary N) is 1. The van der Waals surface area contributed by atoms with E-state index < -0.39 is 0 Å². The standard InChI is InChI=1S/C20H19NOS/c1-15(16-7-3-2-4-8-16)23-14-20(22)21-19-12-11-17-9-5-6-10-18(17)13-19/h2-13,15H,14H2,1H3,(H,21,22)/t15-/m0/s1. The second-order valence-electron chi connectivity index (χ2n) is 5.47. The summed E-state index contributed by atoms with van der Waals surface area (Å²) in [5, 5.41) is 5.60. The van der Waals surface area contributed by atoms with Gasteiger partial charge in [0.15, 0.2) is 0 Å². The quantitative estimate of drug-likeness (QED) is 0.693. The molecule has 3 heteroatoms. The Labute approximate surface area is 140 Å². The Bertz CT molecular complexity index is 801. The normalized spacial score (nSPS) is 12.0. The van der Waals surface area contributed by atoms with Crippen molar-refractivity contribution in [2.24, 2.45) is 0 Å². The number of carbonyl (C=O) groups excluding carboxylic acids is 1. The van der Waals surface area contributed by atoms with E-state index in [1.54, 1.807) is 11.8 Å². The summed E-state index contributed by atoms with van der Waals surface area (Å²) in [6, 6.07) is 24.4. The van der Waals surface area contributed by atoms with Gasteiger partial charge in [-0.1, -0.05) is 60.7 Å². The predicted molar refractivity (Wildman–Crippen MR) is 99.9 cm³/mol. The summed E-state index contributed by atoms with van der Waals surface area (Å²) in [7, 11) is 0. The van der Waals surface area contributed by atoms with Gasteiger partial charge in [-0.2, -0.15) is 0 Å². The first kappa shape index (κ1) is 15.6. The van der Waals surface area contributed by atoms with E-state index in [4.69, 9.17) is 0 Å². The topological polar surface area (TPSA) is 29.1 Å². The lowest BCUT2D eigenvalue weighted by molar-refractivity contribution is -0.113. The largest absolute Gasteiger partial charge is 0.325 e. The predicted octanol–water partition coefficient (Wildman–Crippen LogP) is 5.27. The molecule has 3 aromatic carbocycles. The Hall–Kier alpha value is -2.26. The molecule has 3 aromatic rings. The second kappa shape index (κ2) is 7.34. The molecule has 0 unspecified atom stereocenters. The number of rotatable bonds is 5. The van der Waals surface area contributed by atoms with Crippen molar-refractivity contribution < 1.29 is 4.79 Å². The first-order valence-electron chi connectivity index (χ1n) is 7.67. The molecule has 0 spiro atoms. The van der Waals surface area contributed by atoms with Gasteiger partial charge in [0.2, 0.25) is 5.91 Å². The summed E-state index contributed by atoms with van der Waals surface area (Å²) in [4.78, 5) is 12.2. The summed E-state index contributed by atoms with van der Waals surface area (Å²) in [6.07, 6.45) is 0. The van der Waals surface area contributed by atoms with Crippen LogP contribution in [0.25, 0.3) is 10.8 Å². The van der Waals surface area contributed by atoms with Gasteiger partial charge in [-0.15, -0.1) is 11.8 Å². The van der Waals surface area contributed by atoms with Crippen molar-refractivity contribution in [2.45, 2.75) is 12.2 Å². The van der Waals surface area contributed by atoms with E-state index >= 15 is 0 Å². The molecule has 0 heterocycles. The van der Waals surface area contributed by atoms with Gasteiger partial charge in [-0.25, -0.2) is 0 Å². The molecule has 2 nitrogen and oxygen atoms in total. The maximum absolute atomic E-state index is 12.2. The third-order valence-electron chi connectivity index (χ3n) is 3.77. The number of fused-ring (bicyclic) bond motifs is 1. The minimum Gasteiger partial charge on any atom is -0.325 e. The van der Waals surface area contributed by atoms with E-state index in [0.717, 1.165) is 11.1 Å². The molecule has 1 N–H and O–H groups in total. The van der Waals surface area contributed by atoms with Crippen LogP contribution in [-0.2, 0) is 4.79 Å². The fourth-order valence-electron chi connectivity index (χ4n) is 2.49. The first-order valence-corrected chi connectivity index (χ1v) is 8.72. The Balaban J connectivity index is 1.58. The van der Waals surface area contributed by atoms with Crippen LogP contribution in [0.2, 0.25) is 0 Å². The first-order chi connectivity index (χ1) is 11.2. The van der Waals surface area contributed by atoms with Gasteiger partial charge in [-0.3, -0.25) is 4.79 Å². The molecule has 0 aliphatic rings. The number of thioether (sulfide) groups is 1. The van der Waals surface area contributed by atoms with Gasteiger partial charge in [0, 0.05) is 10.9 Å². The summed E-state index contributed by atoms with van der Waals surface area (Å²) >= 11 is 1.65. The average Bonchev–Trinajstić information content (AvgIpc) is 2.60. The minimum atomic E-state index is 0.0352. The molecule has 0 aromatic heterocycles. The number of benzene rings is 3. The Morgan fingerprint density at radius 1 is 0.957 bits per heavy atom. The zero-order chi connectivity index (χ0) is 16.1. The maximum Gasteiger partial charge on any atom is 0.234 e. The highest BCUT2D eigenvalue weighted by Crippen LogP contribution is 2.28. The number of anilines is 1. The van der Waals surface area contributed by atoms with Crippen LogP contribution in [0.15, 0.2) is 72.8 Å². The minimum absolute atomic E-state index is 0.0352. The summed E-state index contributed by atoms with van der Waals surface area (Å²) < 4.78 is 0. The highest BCUT2D eigenvalue weighted by atomic mass is 32.2. The van der Waals surface area contributed by atoms with Crippen LogP contribution in [0, 0.1) is 0 Å². The van der Waals surface area contributed by atoms with Gasteiger partial charge in [0.25, 0.3) is 0 Å². The second-order valence-corrected chi connectivity index (χ2v) is 6.80. The summed E-state index contributed by atoms with van der Waals surface area (Å²) in [5.41, 5.74) is 2.10. The zero-order valence-corrected chi connectivity index (χ0v) is 13.8. The van der Waals surface area contributed by atoms with Gasteiger partial charge in [0.1, 0.15) is 0 Å². The lowest BCUT2D eigenvalue weighted by atomic mass is 10.1. The number of carbonyl (C=O) groups is 1. The van der Waals surface area contributed by atoms with E-state index in [-0.39, 0.29) is 5.91 Å². The molecule has 1 atom stereocenters. The molecule has 1 amide bonds. The Morgan fingerprint density at radius 2 is 1.65 bits per heavy atom. The molecule has 0 saturated heterocycles. The van der Waals surface area contributed by atoms with E-state index in [1.165, 1.54) is 10.9 Å². The van der Waals surface area contributed by atoms with Crippen molar-refractivity contribution in [1.29, 1.82) is 0 Å². The highest BCUT2D eigenvalue weighted by molar-refractivity contribution is 8.00. The molecule has 3 rings (SSSR count). The summed E-state index contributed by atoms with van der Waals surface area (Å²) in [5.74, 6) is 0.483. The van der Waals surface area contributed by atoms with Crippen LogP contribution in [0.3, 0.4) is 0 Å². The highest BCUT2D eigenvalue weighted by Gasteiger charge is 2.09. The molecular formula is C20H19NOS. The molecule has 116 valence electrons. The van der Waals surface area contributed by atoms with Gasteiger partial charge in [0.05, 0.1) is 5.75 Å². The monoisotopic (exact) mass is 321 g/mol. The van der Waals surface area contributed by atoms with Gasteiger partial charge >= 0.3 is 0 Å². The third kappa shape index (κ3) is 4.14. The van der Waals surface area contributed by atoms with Gasteiger partial charge in [-0.05, 0) is 35.4 Å².